The van der Waals surface area contributed by atoms with E-state index in [0.717, 1.165) is 6.42 Å². The summed E-state index contributed by atoms with van der Waals surface area (Å²) in [5.74, 6) is -0.194. The molecule has 1 aromatic heterocycles. The average molecular weight is 409 g/mol. The summed E-state index contributed by atoms with van der Waals surface area (Å²) in [5.41, 5.74) is 0.468. The molecule has 0 fully saturated rings. The third-order valence-electron chi connectivity index (χ3n) is 4.12. The van der Waals surface area contributed by atoms with Crippen molar-refractivity contribution in [3.8, 4) is 0 Å². The molecule has 0 radical (unpaired) electrons. The molecule has 27 heavy (non-hydrogen) atoms. The first kappa shape index (κ1) is 21.3. The second-order valence-electron chi connectivity index (χ2n) is 6.19. The van der Waals surface area contributed by atoms with Gasteiger partial charge in [-0.3, -0.25) is 9.59 Å². The Morgan fingerprint density at radius 3 is 2.44 bits per heavy atom. The predicted molar refractivity (Wildman–Crippen MR) is 107 cm³/mol. The van der Waals surface area contributed by atoms with E-state index in [2.05, 4.69) is 5.32 Å². The summed E-state index contributed by atoms with van der Waals surface area (Å²) in [6.07, 6.45) is 1.51. The summed E-state index contributed by atoms with van der Waals surface area (Å²) in [7, 11) is -2.15. The second-order valence-corrected chi connectivity index (χ2v) is 9.27. The fraction of sp³-hybridized carbons (Fsp3) is 0.368. The molecule has 0 bridgehead atoms. The van der Waals surface area contributed by atoms with Crippen LogP contribution in [0.3, 0.4) is 0 Å². The third-order valence-corrected chi connectivity index (χ3v) is 6.93. The number of amides is 1. The van der Waals surface area contributed by atoms with Gasteiger partial charge in [-0.05, 0) is 43.3 Å². The number of carbonyl (C=O) groups excluding carboxylic acids is 2. The molecule has 0 unspecified atom stereocenters. The Morgan fingerprint density at radius 2 is 1.85 bits per heavy atom. The van der Waals surface area contributed by atoms with Gasteiger partial charge in [0, 0.05) is 37.0 Å². The lowest BCUT2D eigenvalue weighted by Crippen LogP contribution is -2.30. The zero-order valence-corrected chi connectivity index (χ0v) is 17.1. The van der Waals surface area contributed by atoms with Gasteiger partial charge in [0.05, 0.1) is 4.90 Å². The van der Waals surface area contributed by atoms with E-state index in [4.69, 9.17) is 0 Å². The molecule has 0 aliphatic heterocycles. The van der Waals surface area contributed by atoms with Crippen molar-refractivity contribution in [2.24, 2.45) is 0 Å². The summed E-state index contributed by atoms with van der Waals surface area (Å²) in [6, 6.07) is 9.87. The molecular weight excluding hydrogens is 384 g/mol. The third kappa shape index (κ3) is 6.27. The van der Waals surface area contributed by atoms with Crippen molar-refractivity contribution in [2.45, 2.75) is 31.1 Å². The van der Waals surface area contributed by atoms with Crippen LogP contribution in [0.5, 0.6) is 0 Å². The van der Waals surface area contributed by atoms with Gasteiger partial charge in [0.15, 0.2) is 5.78 Å². The number of Topliss-reactive ketones (excluding diaryl/α,β-unsaturated/α-hetero) is 1. The summed E-state index contributed by atoms with van der Waals surface area (Å²) < 4.78 is 26.3. The zero-order valence-electron chi connectivity index (χ0n) is 15.5. The van der Waals surface area contributed by atoms with Crippen molar-refractivity contribution < 1.29 is 18.0 Å². The van der Waals surface area contributed by atoms with Crippen LogP contribution >= 0.6 is 11.3 Å². The highest BCUT2D eigenvalue weighted by molar-refractivity contribution is 7.89. The minimum Gasteiger partial charge on any atom is -0.356 e. The molecule has 0 saturated heterocycles. The van der Waals surface area contributed by atoms with Gasteiger partial charge >= 0.3 is 0 Å². The number of carbonyl (C=O) groups is 2. The Morgan fingerprint density at radius 1 is 1.15 bits per heavy atom. The van der Waals surface area contributed by atoms with E-state index in [1.807, 2.05) is 17.5 Å². The maximum Gasteiger partial charge on any atom is 0.242 e. The SMILES string of the molecule is CC(=O)c1ccc(S(=O)(=O)N(C)CCCC(=O)NCCc2cccs2)cc1. The van der Waals surface area contributed by atoms with Gasteiger partial charge in [0.2, 0.25) is 15.9 Å². The first-order valence-corrected chi connectivity index (χ1v) is 11.0. The summed E-state index contributed by atoms with van der Waals surface area (Å²) in [6.45, 7) is 2.26. The lowest BCUT2D eigenvalue weighted by Gasteiger charge is -2.17. The van der Waals surface area contributed by atoms with Crippen molar-refractivity contribution >= 4 is 33.1 Å². The smallest absolute Gasteiger partial charge is 0.242 e. The number of ketones is 1. The van der Waals surface area contributed by atoms with E-state index in [0.29, 0.717) is 18.5 Å². The van der Waals surface area contributed by atoms with Crippen LogP contribution in [0.1, 0.15) is 35.0 Å². The fourth-order valence-corrected chi connectivity index (χ4v) is 4.41. The van der Waals surface area contributed by atoms with Crippen molar-refractivity contribution in [1.29, 1.82) is 0 Å². The standard InChI is InChI=1S/C19H24N2O4S2/c1-15(22)16-7-9-18(10-8-16)27(24,25)21(2)13-3-6-19(23)20-12-11-17-5-4-14-26-17/h4-5,7-10,14H,3,6,11-13H2,1-2H3,(H,20,23). The lowest BCUT2D eigenvalue weighted by atomic mass is 10.2. The van der Waals surface area contributed by atoms with Gasteiger partial charge in [-0.15, -0.1) is 11.3 Å². The molecule has 8 heteroatoms. The molecular formula is C19H24N2O4S2. The van der Waals surface area contributed by atoms with Crippen LogP contribution in [0.15, 0.2) is 46.7 Å². The number of rotatable bonds is 10. The maximum absolute atomic E-state index is 12.5. The molecule has 2 rings (SSSR count). The minimum atomic E-state index is -3.63. The highest BCUT2D eigenvalue weighted by Crippen LogP contribution is 2.16. The highest BCUT2D eigenvalue weighted by Gasteiger charge is 2.20. The number of hydrogen-bond donors (Lipinski definition) is 1. The number of sulfonamides is 1. The van der Waals surface area contributed by atoms with E-state index >= 15 is 0 Å². The molecule has 0 atom stereocenters. The number of benzene rings is 1. The quantitative estimate of drug-likeness (QED) is 0.613. The van der Waals surface area contributed by atoms with Crippen molar-refractivity contribution in [1.82, 2.24) is 9.62 Å². The Kier molecular flexibility index (Phi) is 7.70. The summed E-state index contributed by atoms with van der Waals surface area (Å²) >= 11 is 1.66. The zero-order chi connectivity index (χ0) is 19.9. The van der Waals surface area contributed by atoms with Crippen LogP contribution < -0.4 is 5.32 Å². The van der Waals surface area contributed by atoms with E-state index < -0.39 is 10.0 Å². The number of nitrogens with zero attached hydrogens (tertiary/aromatic N) is 1. The molecule has 1 N–H and O–H groups in total. The minimum absolute atomic E-state index is 0.0804. The average Bonchev–Trinajstić information content (AvgIpc) is 3.15. The molecule has 0 aliphatic rings. The molecule has 1 amide bonds. The van der Waals surface area contributed by atoms with E-state index in [1.54, 1.807) is 11.3 Å². The van der Waals surface area contributed by atoms with E-state index in [-0.39, 0.29) is 29.6 Å². The van der Waals surface area contributed by atoms with Gasteiger partial charge in [0.25, 0.3) is 0 Å². The maximum atomic E-state index is 12.5. The Balaban J connectivity index is 1.77. The van der Waals surface area contributed by atoms with Crippen LogP contribution in [0.25, 0.3) is 0 Å². The Bertz CT molecular complexity index is 860. The van der Waals surface area contributed by atoms with Gasteiger partial charge < -0.3 is 5.32 Å². The van der Waals surface area contributed by atoms with Crippen LogP contribution in [-0.2, 0) is 21.2 Å². The highest BCUT2D eigenvalue weighted by atomic mass is 32.2. The number of nitrogens with one attached hydrogen (secondary N) is 1. The van der Waals surface area contributed by atoms with Gasteiger partial charge in [-0.2, -0.15) is 0 Å². The van der Waals surface area contributed by atoms with Crippen LogP contribution in [0.4, 0.5) is 0 Å². The van der Waals surface area contributed by atoms with Gasteiger partial charge in [-0.1, -0.05) is 18.2 Å². The van der Waals surface area contributed by atoms with Crippen molar-refractivity contribution in [3.63, 3.8) is 0 Å². The fourth-order valence-electron chi connectivity index (χ4n) is 2.49. The van der Waals surface area contributed by atoms with Crippen LogP contribution in [-0.4, -0.2) is 44.6 Å². The molecule has 6 nitrogen and oxygen atoms in total. The van der Waals surface area contributed by atoms with Crippen LogP contribution in [0, 0.1) is 0 Å². The normalized spacial score (nSPS) is 11.5. The van der Waals surface area contributed by atoms with Crippen molar-refractivity contribution in [2.75, 3.05) is 20.1 Å². The van der Waals surface area contributed by atoms with Gasteiger partial charge in [-0.25, -0.2) is 12.7 Å². The van der Waals surface area contributed by atoms with E-state index in [9.17, 15) is 18.0 Å². The lowest BCUT2D eigenvalue weighted by molar-refractivity contribution is -0.121. The largest absolute Gasteiger partial charge is 0.356 e. The first-order chi connectivity index (χ1) is 12.8. The molecule has 0 aliphatic carbocycles. The topological polar surface area (TPSA) is 83.6 Å². The molecule has 146 valence electrons. The Hall–Kier alpha value is -2.03. The Labute approximate surface area is 164 Å². The molecule has 1 heterocycles. The number of thiophene rings is 1. The van der Waals surface area contributed by atoms with Crippen LogP contribution in [0.2, 0.25) is 0 Å². The molecule has 0 saturated carbocycles. The summed E-state index contributed by atoms with van der Waals surface area (Å²) in [4.78, 5) is 24.5. The van der Waals surface area contributed by atoms with Crippen molar-refractivity contribution in [3.05, 3.63) is 52.2 Å². The van der Waals surface area contributed by atoms with Gasteiger partial charge in [0.1, 0.15) is 0 Å². The molecule has 0 spiro atoms. The second kappa shape index (κ2) is 9.77. The predicted octanol–water partition coefficient (Wildman–Crippen LogP) is 2.71. The first-order valence-electron chi connectivity index (χ1n) is 8.67. The molecule has 1 aromatic carbocycles. The molecule has 2 aromatic rings. The number of hydrogen-bond acceptors (Lipinski definition) is 5. The van der Waals surface area contributed by atoms with E-state index in [1.165, 1.54) is 47.4 Å². The summed E-state index contributed by atoms with van der Waals surface area (Å²) in [5, 5.41) is 4.85. The monoisotopic (exact) mass is 408 g/mol.